The van der Waals surface area contributed by atoms with E-state index >= 15 is 0 Å². The predicted molar refractivity (Wildman–Crippen MR) is 68.8 cm³/mol. The fourth-order valence-electron chi connectivity index (χ4n) is 2.29. The van der Waals surface area contributed by atoms with Crippen molar-refractivity contribution in [2.24, 2.45) is 0 Å². The minimum Gasteiger partial charge on any atom is -0.305 e. The molecule has 0 saturated carbocycles. The van der Waals surface area contributed by atoms with E-state index in [1.54, 1.807) is 11.3 Å². The molecule has 1 atom stereocenters. The summed E-state index contributed by atoms with van der Waals surface area (Å²) in [5, 5.41) is 6.94. The summed E-state index contributed by atoms with van der Waals surface area (Å²) >= 11 is 1.74. The largest absolute Gasteiger partial charge is 0.305 e. The van der Waals surface area contributed by atoms with Crippen LogP contribution in [0.15, 0.2) is 11.6 Å². The quantitative estimate of drug-likeness (QED) is 0.873. The van der Waals surface area contributed by atoms with Crippen molar-refractivity contribution in [1.29, 1.82) is 0 Å². The molecule has 16 heavy (non-hydrogen) atoms. The maximum Gasteiger partial charge on any atom is 0.109 e. The number of nitrogens with one attached hydrogen (secondary N) is 1. The van der Waals surface area contributed by atoms with Gasteiger partial charge in [0.15, 0.2) is 0 Å². The molecule has 1 aromatic heterocycles. The molecule has 1 N–H and O–H groups in total. The van der Waals surface area contributed by atoms with Crippen LogP contribution >= 0.6 is 11.3 Å². The maximum absolute atomic E-state index is 4.36. The van der Waals surface area contributed by atoms with Gasteiger partial charge in [-0.05, 0) is 39.4 Å². The summed E-state index contributed by atoms with van der Waals surface area (Å²) in [5.41, 5.74) is 0. The molecule has 2 rings (SSSR count). The molecule has 0 aliphatic carbocycles. The first-order valence-corrected chi connectivity index (χ1v) is 7.05. The number of likely N-dealkylation sites (tertiary alicyclic amines) is 1. The van der Waals surface area contributed by atoms with Gasteiger partial charge in [0, 0.05) is 17.6 Å². The lowest BCUT2D eigenvalue weighted by molar-refractivity contribution is 0.200. The van der Waals surface area contributed by atoms with E-state index in [4.69, 9.17) is 0 Å². The first-order valence-electron chi connectivity index (χ1n) is 6.17. The van der Waals surface area contributed by atoms with Gasteiger partial charge in [-0.2, -0.15) is 0 Å². The Labute approximate surface area is 102 Å². The molecule has 2 heterocycles. The Balaban J connectivity index is 1.78. The fourth-order valence-corrected chi connectivity index (χ4v) is 2.94. The summed E-state index contributed by atoms with van der Waals surface area (Å²) in [6, 6.07) is 1.07. The molecule has 0 radical (unpaired) electrons. The Morgan fingerprint density at radius 1 is 1.56 bits per heavy atom. The number of nitrogens with zero attached hydrogens (tertiary/aromatic N) is 2. The highest BCUT2D eigenvalue weighted by molar-refractivity contribution is 7.09. The van der Waals surface area contributed by atoms with Crippen LogP contribution in [0.4, 0.5) is 0 Å². The summed E-state index contributed by atoms with van der Waals surface area (Å²) in [7, 11) is 0. The fraction of sp³-hybridized carbons (Fsp3) is 0.750. The van der Waals surface area contributed by atoms with Gasteiger partial charge in [-0.1, -0.05) is 6.92 Å². The Hall–Kier alpha value is -0.450. The molecule has 3 nitrogen and oxygen atoms in total. The van der Waals surface area contributed by atoms with Crippen LogP contribution < -0.4 is 5.32 Å². The van der Waals surface area contributed by atoms with Crippen molar-refractivity contribution in [3.05, 3.63) is 16.6 Å². The van der Waals surface area contributed by atoms with Crippen LogP contribution in [0.1, 0.15) is 37.7 Å². The van der Waals surface area contributed by atoms with Crippen LogP contribution in [-0.4, -0.2) is 35.6 Å². The molecule has 1 aromatic rings. The topological polar surface area (TPSA) is 28.2 Å². The number of thiazole rings is 1. The van der Waals surface area contributed by atoms with Crippen LogP contribution in [0, 0.1) is 0 Å². The smallest absolute Gasteiger partial charge is 0.109 e. The number of hydrogen-bond donors (Lipinski definition) is 1. The molecule has 0 bridgehead atoms. The third-order valence-electron chi connectivity index (χ3n) is 3.34. The van der Waals surface area contributed by atoms with Gasteiger partial charge in [-0.3, -0.25) is 0 Å². The summed E-state index contributed by atoms with van der Waals surface area (Å²) in [5.74, 6) is 0. The standard InChI is InChI=1S/C12H21N3S/c1-3-15-7-4-11(5-8-15)14-10(2)12-13-6-9-16-12/h6,9-11,14H,3-5,7-8H2,1-2H3. The van der Waals surface area contributed by atoms with Crippen LogP contribution in [0.3, 0.4) is 0 Å². The van der Waals surface area contributed by atoms with Gasteiger partial charge in [-0.25, -0.2) is 4.98 Å². The van der Waals surface area contributed by atoms with Gasteiger partial charge in [0.05, 0.1) is 6.04 Å². The van der Waals surface area contributed by atoms with Crippen LogP contribution in [0.5, 0.6) is 0 Å². The molecule has 1 fully saturated rings. The van der Waals surface area contributed by atoms with Crippen molar-refractivity contribution >= 4 is 11.3 Å². The molecule has 0 amide bonds. The highest BCUT2D eigenvalue weighted by Crippen LogP contribution is 2.18. The van der Waals surface area contributed by atoms with E-state index in [1.165, 1.54) is 37.5 Å². The van der Waals surface area contributed by atoms with Gasteiger partial charge >= 0.3 is 0 Å². The van der Waals surface area contributed by atoms with E-state index in [0.29, 0.717) is 12.1 Å². The molecule has 0 aromatic carbocycles. The van der Waals surface area contributed by atoms with Crippen LogP contribution in [0.25, 0.3) is 0 Å². The van der Waals surface area contributed by atoms with Crippen molar-refractivity contribution in [2.45, 2.75) is 38.8 Å². The Morgan fingerprint density at radius 3 is 2.88 bits per heavy atom. The SMILES string of the molecule is CCN1CCC(NC(C)c2nccs2)CC1. The van der Waals surface area contributed by atoms with Gasteiger partial charge in [0.25, 0.3) is 0 Å². The highest BCUT2D eigenvalue weighted by Gasteiger charge is 2.20. The molecule has 4 heteroatoms. The zero-order valence-electron chi connectivity index (χ0n) is 10.1. The van der Waals surface area contributed by atoms with E-state index in [0.717, 1.165) is 0 Å². The molecule has 1 aliphatic heterocycles. The lowest BCUT2D eigenvalue weighted by Crippen LogP contribution is -2.43. The molecule has 1 unspecified atom stereocenters. The highest BCUT2D eigenvalue weighted by atomic mass is 32.1. The van der Waals surface area contributed by atoms with E-state index in [9.17, 15) is 0 Å². The van der Waals surface area contributed by atoms with E-state index in [1.807, 2.05) is 11.6 Å². The normalized spacial score (nSPS) is 21.1. The van der Waals surface area contributed by atoms with E-state index in [2.05, 4.69) is 29.0 Å². The van der Waals surface area contributed by atoms with Gasteiger partial charge in [-0.15, -0.1) is 11.3 Å². The zero-order valence-corrected chi connectivity index (χ0v) is 11.0. The van der Waals surface area contributed by atoms with Crippen molar-refractivity contribution in [2.75, 3.05) is 19.6 Å². The number of piperidine rings is 1. The third-order valence-corrected chi connectivity index (χ3v) is 4.30. The minimum atomic E-state index is 0.401. The average molecular weight is 239 g/mol. The number of aromatic nitrogens is 1. The molecule has 90 valence electrons. The first kappa shape index (κ1) is 12.0. The second kappa shape index (κ2) is 5.75. The Kier molecular flexibility index (Phi) is 4.32. The second-order valence-corrected chi connectivity index (χ2v) is 5.39. The summed E-state index contributed by atoms with van der Waals surface area (Å²) in [6.45, 7) is 8.11. The predicted octanol–water partition coefficient (Wildman–Crippen LogP) is 2.28. The van der Waals surface area contributed by atoms with Gasteiger partial charge < -0.3 is 10.2 Å². The summed E-state index contributed by atoms with van der Waals surface area (Å²) < 4.78 is 0. The van der Waals surface area contributed by atoms with Gasteiger partial charge in [0.2, 0.25) is 0 Å². The second-order valence-electron chi connectivity index (χ2n) is 4.47. The van der Waals surface area contributed by atoms with Crippen molar-refractivity contribution < 1.29 is 0 Å². The van der Waals surface area contributed by atoms with E-state index in [-0.39, 0.29) is 0 Å². The Bertz CT molecular complexity index is 291. The van der Waals surface area contributed by atoms with Crippen LogP contribution in [-0.2, 0) is 0 Å². The molecule has 0 spiro atoms. The molecule has 1 saturated heterocycles. The Morgan fingerprint density at radius 2 is 2.31 bits per heavy atom. The van der Waals surface area contributed by atoms with Crippen molar-refractivity contribution in [3.63, 3.8) is 0 Å². The zero-order chi connectivity index (χ0) is 11.4. The summed E-state index contributed by atoms with van der Waals surface area (Å²) in [6.07, 6.45) is 4.42. The average Bonchev–Trinajstić information content (AvgIpc) is 2.83. The summed E-state index contributed by atoms with van der Waals surface area (Å²) in [4.78, 5) is 6.88. The lowest BCUT2D eigenvalue weighted by Gasteiger charge is -2.32. The van der Waals surface area contributed by atoms with Crippen molar-refractivity contribution in [1.82, 2.24) is 15.2 Å². The third kappa shape index (κ3) is 3.03. The van der Waals surface area contributed by atoms with Gasteiger partial charge in [0.1, 0.15) is 5.01 Å². The monoisotopic (exact) mass is 239 g/mol. The molecule has 1 aliphatic rings. The lowest BCUT2D eigenvalue weighted by atomic mass is 10.0. The minimum absolute atomic E-state index is 0.401. The van der Waals surface area contributed by atoms with Crippen molar-refractivity contribution in [3.8, 4) is 0 Å². The number of hydrogen-bond acceptors (Lipinski definition) is 4. The van der Waals surface area contributed by atoms with Crippen LogP contribution in [0.2, 0.25) is 0 Å². The first-order chi connectivity index (χ1) is 7.79. The molecular formula is C12H21N3S. The number of rotatable bonds is 4. The van der Waals surface area contributed by atoms with E-state index < -0.39 is 0 Å². The molecular weight excluding hydrogens is 218 g/mol. The maximum atomic E-state index is 4.36.